The molecule has 1 saturated heterocycles. The molecular weight excluding hydrogens is 202 g/mol. The quantitative estimate of drug-likeness (QED) is 0.724. The van der Waals surface area contributed by atoms with Gasteiger partial charge in [0.05, 0.1) is 0 Å². The van der Waals surface area contributed by atoms with Crippen LogP contribution in [0.25, 0.3) is 5.78 Å². The normalized spacial score (nSPS) is 16.9. The molecule has 2 aromatic rings. The van der Waals surface area contributed by atoms with Crippen LogP contribution in [0.2, 0.25) is 0 Å². The second-order valence-corrected chi connectivity index (χ2v) is 4.30. The van der Waals surface area contributed by atoms with Crippen LogP contribution in [0.15, 0.2) is 12.4 Å². The third-order valence-electron chi connectivity index (χ3n) is 3.07. The second kappa shape index (κ2) is 3.73. The van der Waals surface area contributed by atoms with Crippen LogP contribution in [0.5, 0.6) is 0 Å². The number of fused-ring (bicyclic) bond motifs is 1. The maximum absolute atomic E-state index is 4.35. The molecule has 5 heteroatoms. The van der Waals surface area contributed by atoms with E-state index in [2.05, 4.69) is 26.1 Å². The van der Waals surface area contributed by atoms with E-state index in [0.717, 1.165) is 18.8 Å². The number of aryl methyl sites for hydroxylation is 1. The molecule has 0 amide bonds. The molecule has 2 aromatic heterocycles. The lowest BCUT2D eigenvalue weighted by Gasteiger charge is -2.29. The summed E-state index contributed by atoms with van der Waals surface area (Å²) in [5, 5.41) is 7.93. The van der Waals surface area contributed by atoms with Crippen LogP contribution in [0, 0.1) is 6.92 Å². The fourth-order valence-corrected chi connectivity index (χ4v) is 2.28. The first kappa shape index (κ1) is 9.57. The summed E-state index contributed by atoms with van der Waals surface area (Å²) in [6.07, 6.45) is 5.62. The van der Waals surface area contributed by atoms with Crippen LogP contribution in [0.4, 0.5) is 5.82 Å². The van der Waals surface area contributed by atoms with Crippen molar-refractivity contribution in [2.45, 2.75) is 26.2 Å². The Hall–Kier alpha value is -1.65. The van der Waals surface area contributed by atoms with Crippen LogP contribution in [-0.4, -0.2) is 32.7 Å². The zero-order valence-electron chi connectivity index (χ0n) is 9.43. The van der Waals surface area contributed by atoms with Gasteiger partial charge in [-0.15, -0.1) is 10.2 Å². The smallest absolute Gasteiger partial charge is 0.256 e. The molecule has 3 heterocycles. The van der Waals surface area contributed by atoms with Gasteiger partial charge in [-0.05, 0) is 26.2 Å². The summed E-state index contributed by atoms with van der Waals surface area (Å²) >= 11 is 0. The van der Waals surface area contributed by atoms with Gasteiger partial charge >= 0.3 is 0 Å². The highest BCUT2D eigenvalue weighted by molar-refractivity contribution is 5.48. The molecule has 0 N–H and O–H groups in total. The molecule has 0 saturated carbocycles. The van der Waals surface area contributed by atoms with E-state index in [1.165, 1.54) is 25.1 Å². The maximum Gasteiger partial charge on any atom is 0.256 e. The molecule has 0 atom stereocenters. The van der Waals surface area contributed by atoms with Crippen molar-refractivity contribution in [3.05, 3.63) is 18.1 Å². The Kier molecular flexibility index (Phi) is 2.23. The van der Waals surface area contributed by atoms with Crippen molar-refractivity contribution in [1.82, 2.24) is 19.6 Å². The van der Waals surface area contributed by atoms with E-state index in [0.29, 0.717) is 5.78 Å². The summed E-state index contributed by atoms with van der Waals surface area (Å²) in [4.78, 5) is 6.75. The molecule has 0 bridgehead atoms. The minimum absolute atomic E-state index is 0.695. The predicted molar refractivity (Wildman–Crippen MR) is 61.6 cm³/mol. The molecular formula is C11H15N5. The lowest BCUT2D eigenvalue weighted by atomic mass is 10.1. The topological polar surface area (TPSA) is 46.3 Å². The highest BCUT2D eigenvalue weighted by Crippen LogP contribution is 2.20. The van der Waals surface area contributed by atoms with Gasteiger partial charge in [0, 0.05) is 24.8 Å². The molecule has 3 rings (SSSR count). The van der Waals surface area contributed by atoms with Gasteiger partial charge in [0.25, 0.3) is 5.78 Å². The molecule has 0 radical (unpaired) electrons. The van der Waals surface area contributed by atoms with Crippen molar-refractivity contribution in [2.75, 3.05) is 18.0 Å². The Balaban J connectivity index is 2.09. The van der Waals surface area contributed by atoms with Gasteiger partial charge in [-0.3, -0.25) is 4.40 Å². The Labute approximate surface area is 94.1 Å². The summed E-state index contributed by atoms with van der Waals surface area (Å²) in [7, 11) is 0. The van der Waals surface area contributed by atoms with Crippen molar-refractivity contribution < 1.29 is 0 Å². The molecule has 5 nitrogen and oxygen atoms in total. The number of hydrogen-bond acceptors (Lipinski definition) is 4. The Morgan fingerprint density at radius 1 is 1.19 bits per heavy atom. The van der Waals surface area contributed by atoms with Crippen molar-refractivity contribution in [3.8, 4) is 0 Å². The first-order chi connectivity index (χ1) is 7.84. The molecule has 0 unspecified atom stereocenters. The van der Waals surface area contributed by atoms with Gasteiger partial charge in [-0.1, -0.05) is 0 Å². The number of hydrogen-bond donors (Lipinski definition) is 0. The largest absolute Gasteiger partial charge is 0.358 e. The minimum Gasteiger partial charge on any atom is -0.358 e. The van der Waals surface area contributed by atoms with E-state index >= 15 is 0 Å². The number of rotatable bonds is 1. The van der Waals surface area contributed by atoms with Crippen LogP contribution in [0.3, 0.4) is 0 Å². The standard InChI is InChI=1S/C11H15N5/c1-9-7-10(15-5-3-2-4-6-15)16-8-12-14-11(16)13-9/h7-8H,2-6H2,1H3. The molecule has 1 aliphatic rings. The van der Waals surface area contributed by atoms with E-state index in [9.17, 15) is 0 Å². The zero-order chi connectivity index (χ0) is 11.0. The fraction of sp³-hybridized carbons (Fsp3) is 0.545. The SMILES string of the molecule is Cc1cc(N2CCCCC2)n2cnnc2n1. The first-order valence-electron chi connectivity index (χ1n) is 5.77. The van der Waals surface area contributed by atoms with Crippen molar-refractivity contribution in [2.24, 2.45) is 0 Å². The van der Waals surface area contributed by atoms with Crippen molar-refractivity contribution in [1.29, 1.82) is 0 Å². The Morgan fingerprint density at radius 2 is 2.00 bits per heavy atom. The first-order valence-corrected chi connectivity index (χ1v) is 5.77. The number of anilines is 1. The van der Waals surface area contributed by atoms with Crippen LogP contribution >= 0.6 is 0 Å². The van der Waals surface area contributed by atoms with Crippen LogP contribution in [0.1, 0.15) is 25.0 Å². The molecule has 1 fully saturated rings. The highest BCUT2D eigenvalue weighted by atomic mass is 15.3. The molecule has 0 aromatic carbocycles. The number of nitrogens with zero attached hydrogens (tertiary/aromatic N) is 5. The third kappa shape index (κ3) is 1.52. The second-order valence-electron chi connectivity index (χ2n) is 4.30. The van der Waals surface area contributed by atoms with Gasteiger partial charge in [0.2, 0.25) is 0 Å². The van der Waals surface area contributed by atoms with Crippen LogP contribution < -0.4 is 4.90 Å². The molecule has 0 spiro atoms. The van der Waals surface area contributed by atoms with Gasteiger partial charge in [0.1, 0.15) is 12.1 Å². The summed E-state index contributed by atoms with van der Waals surface area (Å²) in [5.74, 6) is 1.87. The average molecular weight is 217 g/mol. The minimum atomic E-state index is 0.695. The molecule has 84 valence electrons. The molecule has 0 aliphatic carbocycles. The van der Waals surface area contributed by atoms with Gasteiger partial charge in [0.15, 0.2) is 0 Å². The molecule has 16 heavy (non-hydrogen) atoms. The van der Waals surface area contributed by atoms with Gasteiger partial charge in [-0.25, -0.2) is 4.98 Å². The summed E-state index contributed by atoms with van der Waals surface area (Å²) in [6, 6.07) is 2.11. The Morgan fingerprint density at radius 3 is 2.81 bits per heavy atom. The van der Waals surface area contributed by atoms with E-state index in [1.807, 2.05) is 11.3 Å². The van der Waals surface area contributed by atoms with E-state index < -0.39 is 0 Å². The van der Waals surface area contributed by atoms with Crippen molar-refractivity contribution in [3.63, 3.8) is 0 Å². The molecule has 1 aliphatic heterocycles. The highest BCUT2D eigenvalue weighted by Gasteiger charge is 2.15. The maximum atomic E-state index is 4.35. The lowest BCUT2D eigenvalue weighted by molar-refractivity contribution is 0.571. The Bertz CT molecular complexity index is 498. The average Bonchev–Trinajstić information content (AvgIpc) is 2.77. The van der Waals surface area contributed by atoms with Crippen molar-refractivity contribution >= 4 is 11.6 Å². The number of aromatic nitrogens is 4. The zero-order valence-corrected chi connectivity index (χ0v) is 9.43. The lowest BCUT2D eigenvalue weighted by Crippen LogP contribution is -2.31. The number of piperidine rings is 1. The summed E-state index contributed by atoms with van der Waals surface area (Å²) < 4.78 is 1.97. The summed E-state index contributed by atoms with van der Waals surface area (Å²) in [6.45, 7) is 4.25. The monoisotopic (exact) mass is 217 g/mol. The van der Waals surface area contributed by atoms with E-state index in [1.54, 1.807) is 6.33 Å². The summed E-state index contributed by atoms with van der Waals surface area (Å²) in [5.41, 5.74) is 1.00. The van der Waals surface area contributed by atoms with Gasteiger partial charge < -0.3 is 4.90 Å². The third-order valence-corrected chi connectivity index (χ3v) is 3.07. The predicted octanol–water partition coefficient (Wildman–Crippen LogP) is 1.42. The fourth-order valence-electron chi connectivity index (χ4n) is 2.28. The van der Waals surface area contributed by atoms with E-state index in [-0.39, 0.29) is 0 Å². The van der Waals surface area contributed by atoms with Gasteiger partial charge in [-0.2, -0.15) is 0 Å². The van der Waals surface area contributed by atoms with Crippen LogP contribution in [-0.2, 0) is 0 Å². The van der Waals surface area contributed by atoms with E-state index in [4.69, 9.17) is 0 Å².